The maximum Gasteiger partial charge on any atom is 0.345 e. The zero-order chi connectivity index (χ0) is 23.4. The Bertz CT molecular complexity index is 1310. The largest absolute Gasteiger partial charge is 0.352 e. The molecule has 9 nitrogen and oxygen atoms in total. The van der Waals surface area contributed by atoms with Crippen LogP contribution in [0.25, 0.3) is 0 Å². The minimum atomic E-state index is -3.76. The molecule has 0 saturated heterocycles. The summed E-state index contributed by atoms with van der Waals surface area (Å²) in [6.45, 7) is 3.35. The molecule has 1 aliphatic rings. The highest BCUT2D eigenvalue weighted by Crippen LogP contribution is 2.19. The second-order valence-electron chi connectivity index (χ2n) is 8.08. The van der Waals surface area contributed by atoms with E-state index >= 15 is 0 Å². The summed E-state index contributed by atoms with van der Waals surface area (Å²) in [5.74, 6) is 0.532. The summed E-state index contributed by atoms with van der Waals surface area (Å²) in [5.41, 5.74) is 1.60. The van der Waals surface area contributed by atoms with Gasteiger partial charge in [-0.2, -0.15) is 5.10 Å². The van der Waals surface area contributed by atoms with Gasteiger partial charge in [-0.1, -0.05) is 18.2 Å². The highest BCUT2D eigenvalue weighted by Gasteiger charge is 2.17. The lowest BCUT2D eigenvalue weighted by atomic mass is 10.2. The first kappa shape index (κ1) is 22.8. The van der Waals surface area contributed by atoms with E-state index in [1.165, 1.54) is 28.9 Å². The van der Waals surface area contributed by atoms with Crippen LogP contribution in [-0.2, 0) is 29.5 Å². The van der Waals surface area contributed by atoms with Crippen LogP contribution >= 0.6 is 0 Å². The molecule has 2 heterocycles. The van der Waals surface area contributed by atoms with Crippen molar-refractivity contribution in [1.29, 1.82) is 0 Å². The molecule has 2 aromatic carbocycles. The van der Waals surface area contributed by atoms with Crippen LogP contribution in [0, 0.1) is 6.92 Å². The SMILES string of the molecule is Cc1ccccc1NS(=O)(=O)c1ccc(C(=O)NCCCn2nc3n(c2=O)CCCC3)cc1. The molecule has 0 atom stereocenters. The molecular weight excluding hydrogens is 442 g/mol. The van der Waals surface area contributed by atoms with Crippen molar-refractivity contribution in [2.24, 2.45) is 0 Å². The van der Waals surface area contributed by atoms with Crippen molar-refractivity contribution in [3.8, 4) is 0 Å². The van der Waals surface area contributed by atoms with Crippen LogP contribution in [0.3, 0.4) is 0 Å². The number of rotatable bonds is 8. The van der Waals surface area contributed by atoms with E-state index in [1.54, 1.807) is 16.7 Å². The van der Waals surface area contributed by atoms with Gasteiger partial charge >= 0.3 is 5.69 Å². The average molecular weight is 470 g/mol. The molecule has 0 unspecified atom stereocenters. The van der Waals surface area contributed by atoms with Gasteiger partial charge in [-0.25, -0.2) is 17.9 Å². The van der Waals surface area contributed by atoms with Crippen LogP contribution in [0.5, 0.6) is 0 Å². The second-order valence-corrected chi connectivity index (χ2v) is 9.77. The quantitative estimate of drug-likeness (QED) is 0.491. The molecule has 1 aromatic heterocycles. The number of carbonyl (C=O) groups excluding carboxylic acids is 1. The lowest BCUT2D eigenvalue weighted by Gasteiger charge is -2.11. The van der Waals surface area contributed by atoms with E-state index in [0.717, 1.165) is 37.2 Å². The molecule has 0 spiro atoms. The van der Waals surface area contributed by atoms with Gasteiger partial charge in [0.1, 0.15) is 5.82 Å². The van der Waals surface area contributed by atoms with Gasteiger partial charge in [-0.05, 0) is 62.1 Å². The number of nitrogens with zero attached hydrogens (tertiary/aromatic N) is 3. The Hall–Kier alpha value is -3.40. The van der Waals surface area contributed by atoms with Gasteiger partial charge in [0, 0.05) is 31.6 Å². The highest BCUT2D eigenvalue weighted by molar-refractivity contribution is 7.92. The number of carbonyl (C=O) groups is 1. The summed E-state index contributed by atoms with van der Waals surface area (Å²) < 4.78 is 31.0. The van der Waals surface area contributed by atoms with Crippen molar-refractivity contribution in [2.45, 2.75) is 50.6 Å². The Morgan fingerprint density at radius 1 is 1.09 bits per heavy atom. The maximum atomic E-state index is 12.6. The fourth-order valence-electron chi connectivity index (χ4n) is 3.80. The van der Waals surface area contributed by atoms with Gasteiger partial charge in [0.15, 0.2) is 0 Å². The normalized spacial score (nSPS) is 13.4. The summed E-state index contributed by atoms with van der Waals surface area (Å²) in [4.78, 5) is 24.8. The van der Waals surface area contributed by atoms with Crippen molar-refractivity contribution < 1.29 is 13.2 Å². The van der Waals surface area contributed by atoms with Gasteiger partial charge < -0.3 is 5.32 Å². The Kier molecular flexibility index (Phi) is 6.64. The fraction of sp³-hybridized carbons (Fsp3) is 0.348. The lowest BCUT2D eigenvalue weighted by Crippen LogP contribution is -2.29. The van der Waals surface area contributed by atoms with Crippen LogP contribution in [0.4, 0.5) is 5.69 Å². The van der Waals surface area contributed by atoms with Gasteiger partial charge in [-0.3, -0.25) is 14.1 Å². The molecule has 0 radical (unpaired) electrons. The predicted octanol–water partition coefficient (Wildman–Crippen LogP) is 2.31. The third-order valence-electron chi connectivity index (χ3n) is 5.68. The molecule has 0 aliphatic carbocycles. The molecule has 3 aromatic rings. The zero-order valence-corrected chi connectivity index (χ0v) is 19.3. The summed E-state index contributed by atoms with van der Waals surface area (Å²) in [7, 11) is -3.76. The number of sulfonamides is 1. The van der Waals surface area contributed by atoms with E-state index in [9.17, 15) is 18.0 Å². The van der Waals surface area contributed by atoms with Gasteiger partial charge in [0.05, 0.1) is 10.6 Å². The molecule has 2 N–H and O–H groups in total. The molecule has 10 heteroatoms. The standard InChI is InChI=1S/C23H27N5O4S/c1-17-7-2-3-8-20(17)26-33(31,32)19-12-10-18(11-13-19)22(29)24-14-6-16-28-23(30)27-15-5-4-9-21(27)25-28/h2-3,7-8,10-13,26H,4-6,9,14-16H2,1H3,(H,24,29). The Balaban J connectivity index is 1.31. The number of aryl methyl sites for hydroxylation is 3. The lowest BCUT2D eigenvalue weighted by molar-refractivity contribution is 0.0952. The average Bonchev–Trinajstić information content (AvgIpc) is 3.14. The molecule has 1 aliphatic heterocycles. The van der Waals surface area contributed by atoms with Crippen molar-refractivity contribution in [1.82, 2.24) is 19.7 Å². The monoisotopic (exact) mass is 469 g/mol. The fourth-order valence-corrected chi connectivity index (χ4v) is 4.93. The van der Waals surface area contributed by atoms with Crippen LogP contribution in [-0.4, -0.2) is 35.2 Å². The Morgan fingerprint density at radius 3 is 2.58 bits per heavy atom. The van der Waals surface area contributed by atoms with E-state index in [2.05, 4.69) is 15.1 Å². The molecule has 0 fully saturated rings. The van der Waals surface area contributed by atoms with E-state index < -0.39 is 10.0 Å². The third-order valence-corrected chi connectivity index (χ3v) is 7.06. The van der Waals surface area contributed by atoms with E-state index in [-0.39, 0.29) is 16.5 Å². The van der Waals surface area contributed by atoms with Gasteiger partial charge in [0.25, 0.3) is 15.9 Å². The topological polar surface area (TPSA) is 115 Å². The first-order valence-corrected chi connectivity index (χ1v) is 12.5. The zero-order valence-electron chi connectivity index (χ0n) is 18.5. The smallest absolute Gasteiger partial charge is 0.345 e. The third kappa shape index (κ3) is 5.16. The predicted molar refractivity (Wildman–Crippen MR) is 125 cm³/mol. The van der Waals surface area contributed by atoms with Crippen LogP contribution in [0.15, 0.2) is 58.2 Å². The summed E-state index contributed by atoms with van der Waals surface area (Å²) >= 11 is 0. The van der Waals surface area contributed by atoms with Gasteiger partial charge in [-0.15, -0.1) is 0 Å². The first-order chi connectivity index (χ1) is 15.8. The van der Waals surface area contributed by atoms with Crippen molar-refractivity contribution in [3.05, 3.63) is 76.0 Å². The molecule has 1 amide bonds. The number of fused-ring (bicyclic) bond motifs is 1. The van der Waals surface area contributed by atoms with Crippen molar-refractivity contribution >= 4 is 21.6 Å². The number of benzene rings is 2. The van der Waals surface area contributed by atoms with Gasteiger partial charge in [0.2, 0.25) is 0 Å². The Labute approximate surface area is 192 Å². The summed E-state index contributed by atoms with van der Waals surface area (Å²) in [6.07, 6.45) is 3.44. The molecule has 174 valence electrons. The minimum Gasteiger partial charge on any atom is -0.352 e. The summed E-state index contributed by atoms with van der Waals surface area (Å²) in [6, 6.07) is 12.9. The maximum absolute atomic E-state index is 12.6. The van der Waals surface area contributed by atoms with Crippen LogP contribution in [0.2, 0.25) is 0 Å². The van der Waals surface area contributed by atoms with Crippen LogP contribution in [0.1, 0.15) is 41.0 Å². The minimum absolute atomic E-state index is 0.0745. The Morgan fingerprint density at radius 2 is 1.85 bits per heavy atom. The van der Waals surface area contributed by atoms with E-state index in [0.29, 0.717) is 30.8 Å². The first-order valence-electron chi connectivity index (χ1n) is 11.0. The number of hydrogen-bond donors (Lipinski definition) is 2. The molecule has 33 heavy (non-hydrogen) atoms. The number of anilines is 1. The van der Waals surface area contributed by atoms with Crippen molar-refractivity contribution in [3.63, 3.8) is 0 Å². The molecule has 0 saturated carbocycles. The molecule has 4 rings (SSSR count). The molecule has 0 bridgehead atoms. The van der Waals surface area contributed by atoms with E-state index in [1.807, 2.05) is 19.1 Å². The van der Waals surface area contributed by atoms with E-state index in [4.69, 9.17) is 0 Å². The highest BCUT2D eigenvalue weighted by atomic mass is 32.2. The number of hydrogen-bond acceptors (Lipinski definition) is 5. The number of nitrogens with one attached hydrogen (secondary N) is 2. The second kappa shape index (κ2) is 9.62. The molecular formula is C23H27N5O4S. The number of amides is 1. The number of aromatic nitrogens is 3. The van der Waals surface area contributed by atoms with Crippen molar-refractivity contribution in [2.75, 3.05) is 11.3 Å². The number of para-hydroxylation sites is 1. The van der Waals surface area contributed by atoms with Crippen LogP contribution < -0.4 is 15.7 Å². The summed E-state index contributed by atoms with van der Waals surface area (Å²) in [5, 5.41) is 7.19.